The lowest BCUT2D eigenvalue weighted by molar-refractivity contribution is -0.0526. The standard InChI is InChI=1S/C14H19BrFNO2/c1-2-17-12(9-14-18-5-6-19-14)7-10-3-4-11(15)8-13(10)16/h3-4,8,12,14,17H,2,5-7,9H2,1H3. The number of likely N-dealkylation sites (N-methyl/N-ethyl adjacent to an activating group) is 1. The summed E-state index contributed by atoms with van der Waals surface area (Å²) in [6.07, 6.45) is 1.21. The van der Waals surface area contributed by atoms with Crippen molar-refractivity contribution < 1.29 is 13.9 Å². The molecule has 5 heteroatoms. The molecule has 0 amide bonds. The van der Waals surface area contributed by atoms with Crippen LogP contribution in [0.25, 0.3) is 0 Å². The van der Waals surface area contributed by atoms with Gasteiger partial charge in [-0.2, -0.15) is 0 Å². The van der Waals surface area contributed by atoms with Crippen molar-refractivity contribution in [2.75, 3.05) is 19.8 Å². The number of hydrogen-bond donors (Lipinski definition) is 1. The topological polar surface area (TPSA) is 30.5 Å². The largest absolute Gasteiger partial charge is 0.350 e. The molecular weight excluding hydrogens is 313 g/mol. The van der Waals surface area contributed by atoms with E-state index in [-0.39, 0.29) is 18.1 Å². The average molecular weight is 332 g/mol. The molecule has 1 aliphatic heterocycles. The van der Waals surface area contributed by atoms with Crippen LogP contribution < -0.4 is 5.32 Å². The van der Waals surface area contributed by atoms with Gasteiger partial charge >= 0.3 is 0 Å². The molecule has 3 nitrogen and oxygen atoms in total. The molecule has 1 atom stereocenters. The highest BCUT2D eigenvalue weighted by molar-refractivity contribution is 9.10. The third kappa shape index (κ3) is 4.53. The molecule has 1 aromatic rings. The molecule has 106 valence electrons. The molecule has 1 N–H and O–H groups in total. The van der Waals surface area contributed by atoms with E-state index in [1.54, 1.807) is 0 Å². The van der Waals surface area contributed by atoms with Gasteiger partial charge in [-0.3, -0.25) is 0 Å². The fourth-order valence-electron chi connectivity index (χ4n) is 2.26. The van der Waals surface area contributed by atoms with E-state index in [2.05, 4.69) is 21.2 Å². The number of nitrogens with one attached hydrogen (secondary N) is 1. The molecule has 19 heavy (non-hydrogen) atoms. The molecule has 0 aromatic heterocycles. The van der Waals surface area contributed by atoms with Crippen LogP contribution >= 0.6 is 15.9 Å². The predicted molar refractivity (Wildman–Crippen MR) is 75.6 cm³/mol. The molecule has 2 rings (SSSR count). The predicted octanol–water partition coefficient (Wildman–Crippen LogP) is 2.87. The van der Waals surface area contributed by atoms with Crippen LogP contribution in [0.3, 0.4) is 0 Å². The second kappa shape index (κ2) is 7.33. The van der Waals surface area contributed by atoms with E-state index in [1.165, 1.54) is 6.07 Å². The third-order valence-corrected chi connectivity index (χ3v) is 3.64. The summed E-state index contributed by atoms with van der Waals surface area (Å²) in [5.74, 6) is -0.175. The van der Waals surface area contributed by atoms with Crippen molar-refractivity contribution >= 4 is 15.9 Å². The Morgan fingerprint density at radius 1 is 1.42 bits per heavy atom. The van der Waals surface area contributed by atoms with Crippen LogP contribution in [0.1, 0.15) is 18.9 Å². The van der Waals surface area contributed by atoms with E-state index >= 15 is 0 Å². The van der Waals surface area contributed by atoms with Gasteiger partial charge < -0.3 is 14.8 Å². The molecule has 1 saturated heterocycles. The summed E-state index contributed by atoms with van der Waals surface area (Å²) in [6, 6.07) is 5.34. The van der Waals surface area contributed by atoms with Gasteiger partial charge in [0.1, 0.15) is 5.82 Å². The lowest BCUT2D eigenvalue weighted by atomic mass is 10.0. The first-order valence-electron chi connectivity index (χ1n) is 6.59. The van der Waals surface area contributed by atoms with E-state index in [9.17, 15) is 4.39 Å². The smallest absolute Gasteiger partial charge is 0.159 e. The van der Waals surface area contributed by atoms with Crippen molar-refractivity contribution in [3.05, 3.63) is 34.1 Å². The molecule has 0 aliphatic carbocycles. The summed E-state index contributed by atoms with van der Waals surface area (Å²) in [4.78, 5) is 0. The van der Waals surface area contributed by atoms with Gasteiger partial charge in [0, 0.05) is 16.9 Å². The van der Waals surface area contributed by atoms with E-state index in [0.29, 0.717) is 25.2 Å². The number of benzene rings is 1. The van der Waals surface area contributed by atoms with E-state index in [0.717, 1.165) is 17.4 Å². The first-order valence-corrected chi connectivity index (χ1v) is 7.39. The van der Waals surface area contributed by atoms with Gasteiger partial charge in [-0.25, -0.2) is 4.39 Å². The summed E-state index contributed by atoms with van der Waals surface area (Å²) < 4.78 is 25.5. The Kier molecular flexibility index (Phi) is 5.76. The molecule has 1 aromatic carbocycles. The summed E-state index contributed by atoms with van der Waals surface area (Å²) in [6.45, 7) is 4.18. The fourth-order valence-corrected chi connectivity index (χ4v) is 2.59. The maximum absolute atomic E-state index is 13.8. The maximum Gasteiger partial charge on any atom is 0.159 e. The zero-order valence-electron chi connectivity index (χ0n) is 11.0. The van der Waals surface area contributed by atoms with Gasteiger partial charge in [-0.05, 0) is 30.7 Å². The Bertz CT molecular complexity index is 410. The highest BCUT2D eigenvalue weighted by Gasteiger charge is 2.22. The monoisotopic (exact) mass is 331 g/mol. The summed E-state index contributed by atoms with van der Waals surface area (Å²) in [5.41, 5.74) is 0.715. The minimum atomic E-state index is -0.175. The Morgan fingerprint density at radius 2 is 2.16 bits per heavy atom. The third-order valence-electron chi connectivity index (χ3n) is 3.14. The average Bonchev–Trinajstić information content (AvgIpc) is 2.86. The van der Waals surface area contributed by atoms with Crippen molar-refractivity contribution in [3.8, 4) is 0 Å². The zero-order valence-corrected chi connectivity index (χ0v) is 12.6. The van der Waals surface area contributed by atoms with Crippen LogP contribution in [-0.4, -0.2) is 32.1 Å². The van der Waals surface area contributed by atoms with Crippen LogP contribution in [0.15, 0.2) is 22.7 Å². The fraction of sp³-hybridized carbons (Fsp3) is 0.571. The first-order chi connectivity index (χ1) is 9.19. The van der Waals surface area contributed by atoms with E-state index in [1.807, 2.05) is 19.1 Å². The summed E-state index contributed by atoms with van der Waals surface area (Å²) in [7, 11) is 0. The lowest BCUT2D eigenvalue weighted by Crippen LogP contribution is -2.35. The zero-order chi connectivity index (χ0) is 13.7. The van der Waals surface area contributed by atoms with Crippen LogP contribution in [0.5, 0.6) is 0 Å². The van der Waals surface area contributed by atoms with E-state index < -0.39 is 0 Å². The van der Waals surface area contributed by atoms with Crippen molar-refractivity contribution in [1.29, 1.82) is 0 Å². The SMILES string of the molecule is CCNC(Cc1ccc(Br)cc1F)CC1OCCO1. The second-order valence-corrected chi connectivity index (χ2v) is 5.52. The Hall–Kier alpha value is -0.490. The molecule has 0 bridgehead atoms. The van der Waals surface area contributed by atoms with E-state index in [4.69, 9.17) is 9.47 Å². The van der Waals surface area contributed by atoms with Crippen LogP contribution in [0, 0.1) is 5.82 Å². The summed E-state index contributed by atoms with van der Waals surface area (Å²) in [5, 5.41) is 3.36. The first kappa shape index (κ1) is 14.9. The van der Waals surface area contributed by atoms with Crippen molar-refractivity contribution in [2.24, 2.45) is 0 Å². The Balaban J connectivity index is 1.98. The van der Waals surface area contributed by atoms with Crippen molar-refractivity contribution in [3.63, 3.8) is 0 Å². The van der Waals surface area contributed by atoms with Gasteiger partial charge in [0.05, 0.1) is 13.2 Å². The Morgan fingerprint density at radius 3 is 2.79 bits per heavy atom. The van der Waals surface area contributed by atoms with Gasteiger partial charge in [0.2, 0.25) is 0 Å². The number of hydrogen-bond acceptors (Lipinski definition) is 3. The van der Waals surface area contributed by atoms with Crippen molar-refractivity contribution in [1.82, 2.24) is 5.32 Å². The highest BCUT2D eigenvalue weighted by Crippen LogP contribution is 2.19. The lowest BCUT2D eigenvalue weighted by Gasteiger charge is -2.21. The molecule has 0 saturated carbocycles. The molecule has 1 unspecified atom stereocenters. The molecule has 1 fully saturated rings. The highest BCUT2D eigenvalue weighted by atomic mass is 79.9. The minimum absolute atomic E-state index is 0.156. The normalized spacial score (nSPS) is 17.8. The number of ether oxygens (including phenoxy) is 2. The Labute approximate surface area is 121 Å². The van der Waals surface area contributed by atoms with Gasteiger partial charge in [-0.1, -0.05) is 28.9 Å². The molecule has 0 spiro atoms. The van der Waals surface area contributed by atoms with Crippen LogP contribution in [-0.2, 0) is 15.9 Å². The molecule has 0 radical (unpaired) electrons. The van der Waals surface area contributed by atoms with Gasteiger partial charge in [0.15, 0.2) is 6.29 Å². The quantitative estimate of drug-likeness (QED) is 0.869. The minimum Gasteiger partial charge on any atom is -0.350 e. The number of rotatable bonds is 6. The van der Waals surface area contributed by atoms with Crippen LogP contribution in [0.2, 0.25) is 0 Å². The molecule has 1 aliphatic rings. The molecule has 1 heterocycles. The molecular formula is C14H19BrFNO2. The van der Waals surface area contributed by atoms with Crippen molar-refractivity contribution in [2.45, 2.75) is 32.1 Å². The summed E-state index contributed by atoms with van der Waals surface area (Å²) >= 11 is 3.27. The van der Waals surface area contributed by atoms with Gasteiger partial charge in [-0.15, -0.1) is 0 Å². The number of halogens is 2. The maximum atomic E-state index is 13.8. The van der Waals surface area contributed by atoms with Crippen LogP contribution in [0.4, 0.5) is 4.39 Å². The second-order valence-electron chi connectivity index (χ2n) is 4.60. The van der Waals surface area contributed by atoms with Gasteiger partial charge in [0.25, 0.3) is 0 Å².